The number of aromatic nitrogens is 2. The molecule has 0 aliphatic heterocycles. The van der Waals surface area contributed by atoms with Crippen LogP contribution in [0.2, 0.25) is 0 Å². The van der Waals surface area contributed by atoms with Crippen LogP contribution in [0.3, 0.4) is 0 Å². The third-order valence-corrected chi connectivity index (χ3v) is 3.04. The average molecular weight is 273 g/mol. The Morgan fingerprint density at radius 1 is 1.56 bits per heavy atom. The molecule has 7 nitrogen and oxygen atoms in total. The fourth-order valence-electron chi connectivity index (χ4n) is 1.18. The smallest absolute Gasteiger partial charge is 0.327 e. The lowest BCUT2D eigenvalue weighted by Gasteiger charge is -2.11. The number of carboxylic acid groups (broad SMARTS) is 1. The normalized spacial score (nSPS) is 12.1. The number of amides is 1. The maximum absolute atomic E-state index is 10.8. The van der Waals surface area contributed by atoms with E-state index in [2.05, 4.69) is 15.5 Å². The van der Waals surface area contributed by atoms with Crippen molar-refractivity contribution in [3.63, 3.8) is 0 Å². The first kappa shape index (κ1) is 14.5. The minimum Gasteiger partial charge on any atom is -0.480 e. The average Bonchev–Trinajstić information content (AvgIpc) is 2.75. The summed E-state index contributed by atoms with van der Waals surface area (Å²) in [5, 5.41) is 15.0. The maximum atomic E-state index is 10.8. The molecule has 1 aromatic heterocycles. The van der Waals surface area contributed by atoms with Gasteiger partial charge in [0.1, 0.15) is 6.04 Å². The molecular weight excluding hydrogens is 258 g/mol. The van der Waals surface area contributed by atoms with Crippen LogP contribution in [-0.4, -0.2) is 38.9 Å². The Morgan fingerprint density at radius 3 is 2.78 bits per heavy atom. The lowest BCUT2D eigenvalue weighted by molar-refractivity contribution is -0.140. The predicted molar refractivity (Wildman–Crippen MR) is 65.1 cm³/mol. The third-order valence-electron chi connectivity index (χ3n) is 2.00. The van der Waals surface area contributed by atoms with Crippen LogP contribution in [0.5, 0.6) is 0 Å². The van der Waals surface area contributed by atoms with E-state index in [0.29, 0.717) is 23.9 Å². The third kappa shape index (κ3) is 4.74. The number of aryl methyl sites for hydroxylation is 1. The summed E-state index contributed by atoms with van der Waals surface area (Å²) in [5.74, 6) is 0.375. The Balaban J connectivity index is 2.38. The van der Waals surface area contributed by atoms with Crippen LogP contribution >= 0.6 is 11.8 Å². The van der Waals surface area contributed by atoms with Gasteiger partial charge in [0.2, 0.25) is 11.8 Å². The zero-order valence-corrected chi connectivity index (χ0v) is 11.0. The van der Waals surface area contributed by atoms with Crippen LogP contribution in [-0.2, 0) is 21.8 Å². The molecule has 0 bridgehead atoms. The van der Waals surface area contributed by atoms with Gasteiger partial charge in [0.25, 0.3) is 0 Å². The Labute approximate surface area is 108 Å². The number of rotatable bonds is 7. The second kappa shape index (κ2) is 7.00. The molecule has 1 rings (SSSR count). The van der Waals surface area contributed by atoms with Crippen LogP contribution in [0.4, 0.5) is 0 Å². The van der Waals surface area contributed by atoms with Gasteiger partial charge in [0.05, 0.1) is 5.75 Å². The molecule has 0 unspecified atom stereocenters. The lowest BCUT2D eigenvalue weighted by Crippen LogP contribution is -2.41. The van der Waals surface area contributed by atoms with Crippen molar-refractivity contribution in [2.24, 2.45) is 0 Å². The summed E-state index contributed by atoms with van der Waals surface area (Å²) in [7, 11) is 0. The van der Waals surface area contributed by atoms with E-state index in [0.717, 1.165) is 0 Å². The van der Waals surface area contributed by atoms with Crippen molar-refractivity contribution in [1.82, 2.24) is 15.5 Å². The number of carbonyl (C=O) groups is 2. The zero-order valence-electron chi connectivity index (χ0n) is 10.2. The van der Waals surface area contributed by atoms with Gasteiger partial charge in [-0.2, -0.15) is 16.7 Å². The highest BCUT2D eigenvalue weighted by Crippen LogP contribution is 2.11. The van der Waals surface area contributed by atoms with E-state index in [4.69, 9.17) is 9.63 Å². The van der Waals surface area contributed by atoms with E-state index in [1.807, 2.05) is 6.92 Å². The quantitative estimate of drug-likeness (QED) is 0.743. The highest BCUT2D eigenvalue weighted by Gasteiger charge is 2.18. The van der Waals surface area contributed by atoms with Crippen molar-refractivity contribution >= 4 is 23.6 Å². The Morgan fingerprint density at radius 2 is 2.28 bits per heavy atom. The Hall–Kier alpha value is -1.57. The topological polar surface area (TPSA) is 105 Å². The van der Waals surface area contributed by atoms with Crippen LogP contribution in [0, 0.1) is 0 Å². The second-order valence-electron chi connectivity index (χ2n) is 3.56. The van der Waals surface area contributed by atoms with Crippen molar-refractivity contribution in [1.29, 1.82) is 0 Å². The molecule has 1 heterocycles. The lowest BCUT2D eigenvalue weighted by atomic mass is 10.3. The van der Waals surface area contributed by atoms with Crippen molar-refractivity contribution in [2.45, 2.75) is 32.1 Å². The Bertz CT molecular complexity index is 421. The summed E-state index contributed by atoms with van der Waals surface area (Å²) in [5.41, 5.74) is 0. The van der Waals surface area contributed by atoms with E-state index in [-0.39, 0.29) is 11.7 Å². The van der Waals surface area contributed by atoms with Gasteiger partial charge >= 0.3 is 5.97 Å². The summed E-state index contributed by atoms with van der Waals surface area (Å²) < 4.78 is 4.92. The number of hydrogen-bond donors (Lipinski definition) is 2. The van der Waals surface area contributed by atoms with Crippen molar-refractivity contribution in [3.8, 4) is 0 Å². The molecule has 0 aliphatic rings. The highest BCUT2D eigenvalue weighted by atomic mass is 32.2. The van der Waals surface area contributed by atoms with Crippen molar-refractivity contribution in [3.05, 3.63) is 11.7 Å². The van der Waals surface area contributed by atoms with Gasteiger partial charge in [-0.05, 0) is 0 Å². The minimum atomic E-state index is -1.06. The van der Waals surface area contributed by atoms with Crippen LogP contribution in [0.15, 0.2) is 4.52 Å². The molecule has 0 saturated carbocycles. The van der Waals surface area contributed by atoms with Gasteiger partial charge in [-0.15, -0.1) is 0 Å². The molecule has 0 radical (unpaired) electrons. The molecule has 8 heteroatoms. The number of carbonyl (C=O) groups excluding carboxylic acids is 1. The molecule has 2 N–H and O–H groups in total. The van der Waals surface area contributed by atoms with E-state index in [1.54, 1.807) is 0 Å². The molecule has 0 aliphatic carbocycles. The van der Waals surface area contributed by atoms with Gasteiger partial charge in [0, 0.05) is 19.1 Å². The van der Waals surface area contributed by atoms with Gasteiger partial charge in [0.15, 0.2) is 5.82 Å². The number of hydrogen-bond acceptors (Lipinski definition) is 6. The molecule has 0 spiro atoms. The predicted octanol–water partition coefficient (Wildman–Crippen LogP) is 0.454. The number of nitrogens with one attached hydrogen (secondary N) is 1. The van der Waals surface area contributed by atoms with Crippen molar-refractivity contribution in [2.75, 3.05) is 5.75 Å². The summed E-state index contributed by atoms with van der Waals surface area (Å²) in [4.78, 5) is 25.8. The van der Waals surface area contributed by atoms with Gasteiger partial charge in [-0.3, -0.25) is 4.79 Å². The molecular formula is C10H15N3O4S. The van der Waals surface area contributed by atoms with Gasteiger partial charge < -0.3 is 14.9 Å². The molecule has 1 aromatic rings. The molecule has 18 heavy (non-hydrogen) atoms. The SMILES string of the molecule is CCc1nc(CSC[C@H](NC(C)=O)C(=O)O)no1. The molecule has 0 aromatic carbocycles. The molecule has 1 atom stereocenters. The van der Waals surface area contributed by atoms with Crippen LogP contribution in [0.25, 0.3) is 0 Å². The largest absolute Gasteiger partial charge is 0.480 e. The first-order valence-corrected chi connectivity index (χ1v) is 6.57. The first-order valence-electron chi connectivity index (χ1n) is 5.42. The fourth-order valence-corrected chi connectivity index (χ4v) is 2.06. The number of carboxylic acids is 1. The summed E-state index contributed by atoms with van der Waals surface area (Å²) in [6.07, 6.45) is 0.668. The Kier molecular flexibility index (Phi) is 5.63. The van der Waals surface area contributed by atoms with Crippen molar-refractivity contribution < 1.29 is 19.2 Å². The second-order valence-corrected chi connectivity index (χ2v) is 4.59. The standard InChI is InChI=1S/C10H15N3O4S/c1-3-9-12-8(13-17-9)5-18-4-7(10(15)16)11-6(2)14/h7H,3-5H2,1-2H3,(H,11,14)(H,15,16)/t7-/m0/s1. The monoisotopic (exact) mass is 273 g/mol. The van der Waals surface area contributed by atoms with Crippen LogP contribution < -0.4 is 5.32 Å². The minimum absolute atomic E-state index is 0.255. The molecule has 0 fully saturated rings. The fraction of sp³-hybridized carbons (Fsp3) is 0.600. The number of aliphatic carboxylic acids is 1. The number of nitrogens with zero attached hydrogens (tertiary/aromatic N) is 2. The summed E-state index contributed by atoms with van der Waals surface area (Å²) >= 11 is 1.33. The van der Waals surface area contributed by atoms with E-state index in [1.165, 1.54) is 18.7 Å². The summed E-state index contributed by atoms with van der Waals surface area (Å²) in [6, 6.07) is -0.898. The van der Waals surface area contributed by atoms with Crippen LogP contribution in [0.1, 0.15) is 25.6 Å². The first-order chi connectivity index (χ1) is 8.52. The van der Waals surface area contributed by atoms with E-state index >= 15 is 0 Å². The molecule has 0 saturated heterocycles. The zero-order chi connectivity index (χ0) is 13.5. The maximum Gasteiger partial charge on any atom is 0.327 e. The van der Waals surface area contributed by atoms with E-state index < -0.39 is 12.0 Å². The highest BCUT2D eigenvalue weighted by molar-refractivity contribution is 7.98. The molecule has 1 amide bonds. The van der Waals surface area contributed by atoms with E-state index in [9.17, 15) is 9.59 Å². The number of thioether (sulfide) groups is 1. The van der Waals surface area contributed by atoms with Gasteiger partial charge in [-0.25, -0.2) is 4.79 Å². The van der Waals surface area contributed by atoms with Gasteiger partial charge in [-0.1, -0.05) is 12.1 Å². The molecule has 100 valence electrons. The summed E-state index contributed by atoms with van der Waals surface area (Å²) in [6.45, 7) is 3.19.